The summed E-state index contributed by atoms with van der Waals surface area (Å²) in [6, 6.07) is 13.6. The number of carbonyl (C=O) groups excluding carboxylic acids is 1. The van der Waals surface area contributed by atoms with E-state index < -0.39 is 5.41 Å². The van der Waals surface area contributed by atoms with E-state index in [1.165, 1.54) is 58.9 Å². The zero-order valence-corrected chi connectivity index (χ0v) is 29.5. The number of hydrogen-bond donors (Lipinski definition) is 2. The zero-order valence-electron chi connectivity index (χ0n) is 28.6. The minimum absolute atomic E-state index is 0.0612. The van der Waals surface area contributed by atoms with Crippen molar-refractivity contribution in [1.29, 1.82) is 5.26 Å². The van der Waals surface area contributed by atoms with Crippen LogP contribution in [0.5, 0.6) is 0 Å². The van der Waals surface area contributed by atoms with Crippen molar-refractivity contribution in [3.05, 3.63) is 75.9 Å². The lowest BCUT2D eigenvalue weighted by Gasteiger charge is -2.37. The molecule has 0 bridgehead atoms. The number of aliphatic imine (C=N–C) groups is 1. The molecule has 3 aromatic heterocycles. The van der Waals surface area contributed by atoms with Gasteiger partial charge in [-0.25, -0.2) is 0 Å². The maximum atomic E-state index is 14.1. The van der Waals surface area contributed by atoms with Crippen LogP contribution in [0.15, 0.2) is 53.8 Å². The molecule has 2 aliphatic carbocycles. The summed E-state index contributed by atoms with van der Waals surface area (Å²) >= 11 is 1.72. The van der Waals surface area contributed by atoms with Crippen LogP contribution in [0.25, 0.3) is 21.5 Å². The number of fused-ring (bicyclic) bond motifs is 1. The minimum Gasteiger partial charge on any atom is -0.346 e. The highest BCUT2D eigenvalue weighted by Gasteiger charge is 2.76. The molecule has 5 atom stereocenters. The fourth-order valence-corrected chi connectivity index (χ4v) is 10.5. The molecule has 2 saturated carbocycles. The summed E-state index contributed by atoms with van der Waals surface area (Å²) in [5.41, 5.74) is 6.82. The number of rotatable bonds is 7. The molecule has 8 nitrogen and oxygen atoms in total. The number of nitriles is 1. The molecule has 1 aromatic carbocycles. The number of thiophene rings is 1. The SMILES string of the molecule is Cc1cc(C)cc(-c2[nH]c3sc(C(C)(C)C(=O)N4C5CCC6CCC654)cc3c2[C@@H](C)CN=C(NC#N)N2CCC(c3ccncc3)C2)c1. The Morgan fingerprint density at radius 3 is 2.62 bits per heavy atom. The quantitative estimate of drug-likeness (QED) is 0.0710. The van der Waals surface area contributed by atoms with Crippen LogP contribution in [0, 0.1) is 31.2 Å². The van der Waals surface area contributed by atoms with Gasteiger partial charge < -0.3 is 14.8 Å². The summed E-state index contributed by atoms with van der Waals surface area (Å²) in [5, 5.41) is 13.7. The molecule has 1 amide bonds. The van der Waals surface area contributed by atoms with Crippen molar-refractivity contribution in [1.82, 2.24) is 25.1 Å². The van der Waals surface area contributed by atoms with E-state index >= 15 is 0 Å². The minimum atomic E-state index is -0.590. The van der Waals surface area contributed by atoms with Crippen molar-refractivity contribution in [2.75, 3.05) is 19.6 Å². The number of likely N-dealkylation sites (tertiary alicyclic amines) is 2. The van der Waals surface area contributed by atoms with Gasteiger partial charge in [-0.2, -0.15) is 5.26 Å². The highest BCUT2D eigenvalue weighted by molar-refractivity contribution is 7.19. The van der Waals surface area contributed by atoms with Crippen molar-refractivity contribution < 1.29 is 4.79 Å². The van der Waals surface area contributed by atoms with Crippen molar-refractivity contribution in [3.8, 4) is 17.5 Å². The number of guanidine groups is 1. The van der Waals surface area contributed by atoms with E-state index in [-0.39, 0.29) is 17.4 Å². The van der Waals surface area contributed by atoms with E-state index in [4.69, 9.17) is 4.99 Å². The van der Waals surface area contributed by atoms with Gasteiger partial charge in [0.15, 0.2) is 6.19 Å². The molecular formula is C39H45N7OS. The summed E-state index contributed by atoms with van der Waals surface area (Å²) in [6.07, 6.45) is 11.8. The lowest BCUT2D eigenvalue weighted by Crippen LogP contribution is -2.44. The van der Waals surface area contributed by atoms with Crippen LogP contribution in [0.4, 0.5) is 0 Å². The molecule has 2 saturated heterocycles. The highest BCUT2D eigenvalue weighted by atomic mass is 32.1. The molecule has 2 N–H and O–H groups in total. The molecule has 2 aliphatic heterocycles. The fraction of sp³-hybridized carbons (Fsp3) is 0.487. The summed E-state index contributed by atoms with van der Waals surface area (Å²) < 4.78 is 0. The second-order valence-corrected chi connectivity index (χ2v) is 16.3. The molecule has 4 fully saturated rings. The Morgan fingerprint density at radius 1 is 1.17 bits per heavy atom. The van der Waals surface area contributed by atoms with Crippen LogP contribution in [0.3, 0.4) is 0 Å². The number of nitrogens with zero attached hydrogens (tertiary/aromatic N) is 5. The third-order valence-electron chi connectivity index (χ3n) is 11.9. The van der Waals surface area contributed by atoms with E-state index in [1.54, 1.807) is 11.3 Å². The molecule has 1 spiro atoms. The first kappa shape index (κ1) is 31.1. The molecule has 0 radical (unpaired) electrons. The molecule has 8 rings (SSSR count). The zero-order chi connectivity index (χ0) is 33.4. The second kappa shape index (κ2) is 11.5. The summed E-state index contributed by atoms with van der Waals surface area (Å²) in [5.74, 6) is 2.09. The first-order valence-corrected chi connectivity index (χ1v) is 18.4. The van der Waals surface area contributed by atoms with Gasteiger partial charge in [0.05, 0.1) is 22.7 Å². The van der Waals surface area contributed by atoms with Gasteiger partial charge in [0, 0.05) is 54.1 Å². The van der Waals surface area contributed by atoms with E-state index in [2.05, 4.69) is 102 Å². The molecule has 9 heteroatoms. The Bertz CT molecular complexity index is 1950. The highest BCUT2D eigenvalue weighted by Crippen LogP contribution is 2.67. The Hall–Kier alpha value is -4.16. The van der Waals surface area contributed by atoms with Gasteiger partial charge in [0.25, 0.3) is 0 Å². The van der Waals surface area contributed by atoms with Gasteiger partial charge >= 0.3 is 0 Å². The van der Waals surface area contributed by atoms with E-state index in [9.17, 15) is 10.1 Å². The van der Waals surface area contributed by atoms with Gasteiger partial charge in [-0.1, -0.05) is 24.1 Å². The van der Waals surface area contributed by atoms with Crippen molar-refractivity contribution in [2.24, 2.45) is 10.9 Å². The van der Waals surface area contributed by atoms with E-state index in [0.29, 0.717) is 24.5 Å². The molecule has 248 valence electrons. The lowest BCUT2D eigenvalue weighted by molar-refractivity contribution is -0.134. The largest absolute Gasteiger partial charge is 0.346 e. The molecule has 48 heavy (non-hydrogen) atoms. The Morgan fingerprint density at radius 2 is 1.94 bits per heavy atom. The van der Waals surface area contributed by atoms with Gasteiger partial charge in [-0.15, -0.1) is 11.3 Å². The number of amides is 1. The summed E-state index contributed by atoms with van der Waals surface area (Å²) in [6.45, 7) is 12.9. The average Bonchev–Trinajstić information content (AvgIpc) is 3.50. The Balaban J connectivity index is 1.11. The molecule has 4 aromatic rings. The predicted molar refractivity (Wildman–Crippen MR) is 192 cm³/mol. The second-order valence-electron chi connectivity index (χ2n) is 15.3. The maximum absolute atomic E-state index is 14.1. The number of aryl methyl sites for hydroxylation is 2. The Kier molecular flexibility index (Phi) is 7.44. The first-order valence-electron chi connectivity index (χ1n) is 17.5. The summed E-state index contributed by atoms with van der Waals surface area (Å²) in [4.78, 5) is 33.9. The van der Waals surface area contributed by atoms with Gasteiger partial charge in [-0.05, 0) is 113 Å². The fourth-order valence-electron chi connectivity index (χ4n) is 9.29. The maximum Gasteiger partial charge on any atom is 0.234 e. The third-order valence-corrected chi connectivity index (χ3v) is 13.3. The van der Waals surface area contributed by atoms with Crippen molar-refractivity contribution in [2.45, 2.75) is 95.6 Å². The van der Waals surface area contributed by atoms with Crippen LogP contribution in [0.1, 0.15) is 91.8 Å². The molecule has 5 heterocycles. The first-order chi connectivity index (χ1) is 23.1. The van der Waals surface area contributed by atoms with Crippen LogP contribution in [0.2, 0.25) is 0 Å². The number of aromatic amines is 1. The van der Waals surface area contributed by atoms with E-state index in [0.717, 1.165) is 40.8 Å². The van der Waals surface area contributed by atoms with Crippen LogP contribution in [-0.2, 0) is 10.2 Å². The number of pyridine rings is 1. The van der Waals surface area contributed by atoms with E-state index in [1.807, 2.05) is 12.4 Å². The van der Waals surface area contributed by atoms with Gasteiger partial charge in [0.1, 0.15) is 4.83 Å². The average molecular weight is 660 g/mol. The predicted octanol–water partition coefficient (Wildman–Crippen LogP) is 7.36. The van der Waals surface area contributed by atoms with Gasteiger partial charge in [0.2, 0.25) is 11.9 Å². The summed E-state index contributed by atoms with van der Waals surface area (Å²) in [7, 11) is 0. The molecular weight excluding hydrogens is 615 g/mol. The van der Waals surface area contributed by atoms with Crippen LogP contribution in [-0.4, -0.2) is 62.8 Å². The van der Waals surface area contributed by atoms with Crippen molar-refractivity contribution in [3.63, 3.8) is 0 Å². The number of aromatic nitrogens is 2. The number of nitrogens with one attached hydrogen (secondary N) is 2. The number of carbonyl (C=O) groups is 1. The number of H-pyrrole nitrogens is 1. The monoisotopic (exact) mass is 659 g/mol. The topological polar surface area (TPSA) is 100 Å². The number of benzene rings is 1. The normalized spacial score (nSPS) is 25.4. The third kappa shape index (κ3) is 4.86. The van der Waals surface area contributed by atoms with Gasteiger partial charge in [-0.3, -0.25) is 20.1 Å². The lowest BCUT2D eigenvalue weighted by atomic mass is 9.73. The number of piperidine rings is 1. The molecule has 4 unspecified atom stereocenters. The smallest absolute Gasteiger partial charge is 0.234 e. The van der Waals surface area contributed by atoms with Crippen LogP contribution < -0.4 is 5.32 Å². The molecule has 4 aliphatic rings. The van der Waals surface area contributed by atoms with Crippen molar-refractivity contribution >= 4 is 33.4 Å². The Labute approximate surface area is 287 Å². The number of hydrogen-bond acceptors (Lipinski definition) is 5. The van der Waals surface area contributed by atoms with Crippen LogP contribution >= 0.6 is 11.3 Å². The standard InChI is InChI=1S/C39H45N7OS/c1-23-16-24(2)18-28(17-23)34-33(25(3)20-42-37(43-22-40)45-15-11-27(21-45)26-9-13-41-14-10-26)30-19-32(48-35(30)44-34)38(4,5)36(47)46-31-7-6-29-8-12-39(29,31)46/h9-10,13-14,16-19,25,27,29,31,44H,6-8,11-12,15,20-21H2,1-5H3,(H,42,43)/t25-,27?,29?,31?,39?,46?/m0/s1.